The Morgan fingerprint density at radius 2 is 2.31 bits per heavy atom. The number of aromatic carboxylic acids is 1. The summed E-state index contributed by atoms with van der Waals surface area (Å²) >= 11 is 8.73. The Labute approximate surface area is 88.9 Å². The lowest BCUT2D eigenvalue weighted by atomic mass is 10.2. The van der Waals surface area contributed by atoms with Crippen LogP contribution < -0.4 is 0 Å². The van der Waals surface area contributed by atoms with Gasteiger partial charge in [-0.15, -0.1) is 11.6 Å². The molecule has 0 aliphatic carbocycles. The highest BCUT2D eigenvalue weighted by Crippen LogP contribution is 2.12. The zero-order valence-electron chi connectivity index (χ0n) is 6.63. The Kier molecular flexibility index (Phi) is 3.69. The number of nitrogens with zero attached hydrogens (tertiary/aromatic N) is 1. The minimum Gasteiger partial charge on any atom is -0.478 e. The third-order valence-electron chi connectivity index (χ3n) is 1.53. The fourth-order valence-corrected chi connectivity index (χ4v) is 1.49. The van der Waals surface area contributed by atoms with Gasteiger partial charge in [-0.05, 0) is 12.1 Å². The predicted molar refractivity (Wildman–Crippen MR) is 53.4 cm³/mol. The molecule has 0 spiro atoms. The van der Waals surface area contributed by atoms with Crippen molar-refractivity contribution in [1.82, 2.24) is 4.98 Å². The highest BCUT2D eigenvalue weighted by Gasteiger charge is 2.10. The maximum absolute atomic E-state index is 10.7. The van der Waals surface area contributed by atoms with Gasteiger partial charge in [-0.1, -0.05) is 15.9 Å². The van der Waals surface area contributed by atoms with Crippen LogP contribution >= 0.6 is 27.5 Å². The number of alkyl halides is 2. The van der Waals surface area contributed by atoms with E-state index in [2.05, 4.69) is 20.9 Å². The van der Waals surface area contributed by atoms with Gasteiger partial charge in [0.15, 0.2) is 0 Å². The van der Waals surface area contributed by atoms with Crippen molar-refractivity contribution in [3.05, 3.63) is 29.1 Å². The van der Waals surface area contributed by atoms with Gasteiger partial charge >= 0.3 is 5.97 Å². The van der Waals surface area contributed by atoms with Crippen LogP contribution in [0.25, 0.3) is 0 Å². The standard InChI is InChI=1S/C8H7BrClNO2/c9-3-7-6(8(12)13)2-1-5(4-10)11-7/h1-2H,3-4H2,(H,12,13). The maximum Gasteiger partial charge on any atom is 0.337 e. The first-order valence-corrected chi connectivity index (χ1v) is 5.18. The third kappa shape index (κ3) is 2.42. The van der Waals surface area contributed by atoms with Crippen LogP contribution in [0.2, 0.25) is 0 Å². The quantitative estimate of drug-likeness (QED) is 0.853. The molecule has 0 amide bonds. The first-order chi connectivity index (χ1) is 6.19. The molecule has 0 fully saturated rings. The highest BCUT2D eigenvalue weighted by molar-refractivity contribution is 9.08. The molecule has 0 unspecified atom stereocenters. The summed E-state index contributed by atoms with van der Waals surface area (Å²) in [7, 11) is 0. The second-order valence-electron chi connectivity index (χ2n) is 2.37. The van der Waals surface area contributed by atoms with Crippen molar-refractivity contribution in [3.63, 3.8) is 0 Å². The van der Waals surface area contributed by atoms with Crippen LogP contribution in [-0.4, -0.2) is 16.1 Å². The molecule has 1 rings (SSSR count). The molecule has 0 saturated carbocycles. The van der Waals surface area contributed by atoms with Gasteiger partial charge in [0.05, 0.1) is 22.8 Å². The second-order valence-corrected chi connectivity index (χ2v) is 3.20. The fourth-order valence-electron chi connectivity index (χ4n) is 0.918. The lowest BCUT2D eigenvalue weighted by Gasteiger charge is -2.02. The minimum absolute atomic E-state index is 0.214. The summed E-state index contributed by atoms with van der Waals surface area (Å²) in [6.45, 7) is 0. The first kappa shape index (κ1) is 10.5. The molecule has 1 heterocycles. The van der Waals surface area contributed by atoms with E-state index in [9.17, 15) is 4.79 Å². The van der Waals surface area contributed by atoms with Crippen LogP contribution in [0.15, 0.2) is 12.1 Å². The maximum atomic E-state index is 10.7. The molecule has 0 saturated heterocycles. The zero-order chi connectivity index (χ0) is 9.84. The molecule has 0 aliphatic rings. The topological polar surface area (TPSA) is 50.2 Å². The summed E-state index contributed by atoms with van der Waals surface area (Å²) in [6, 6.07) is 3.13. The van der Waals surface area contributed by atoms with Crippen molar-refractivity contribution in [2.45, 2.75) is 11.2 Å². The molecule has 13 heavy (non-hydrogen) atoms. The van der Waals surface area contributed by atoms with E-state index < -0.39 is 5.97 Å². The number of hydrogen-bond acceptors (Lipinski definition) is 2. The summed E-state index contributed by atoms with van der Waals surface area (Å²) < 4.78 is 0. The summed E-state index contributed by atoms with van der Waals surface area (Å²) in [6.07, 6.45) is 0. The van der Waals surface area contributed by atoms with Crippen LogP contribution in [-0.2, 0) is 11.2 Å². The van der Waals surface area contributed by atoms with Crippen LogP contribution in [0.5, 0.6) is 0 Å². The summed E-state index contributed by atoms with van der Waals surface area (Å²) in [5.41, 5.74) is 1.40. The zero-order valence-corrected chi connectivity index (χ0v) is 8.97. The largest absolute Gasteiger partial charge is 0.478 e. The average Bonchev–Trinajstić information content (AvgIpc) is 2.16. The van der Waals surface area contributed by atoms with Crippen molar-refractivity contribution in [2.75, 3.05) is 0 Å². The summed E-state index contributed by atoms with van der Waals surface area (Å²) in [5, 5.41) is 9.18. The molecule has 0 aliphatic heterocycles. The highest BCUT2D eigenvalue weighted by atomic mass is 79.9. The van der Waals surface area contributed by atoms with Crippen molar-refractivity contribution < 1.29 is 9.90 Å². The van der Waals surface area contributed by atoms with Crippen molar-refractivity contribution >= 4 is 33.5 Å². The Balaban J connectivity index is 3.15. The smallest absolute Gasteiger partial charge is 0.337 e. The molecule has 0 aromatic carbocycles. The van der Waals surface area contributed by atoms with Gasteiger partial charge in [-0.25, -0.2) is 4.79 Å². The van der Waals surface area contributed by atoms with E-state index in [4.69, 9.17) is 16.7 Å². The molecule has 70 valence electrons. The molecule has 1 aromatic heterocycles. The van der Waals surface area contributed by atoms with Crippen molar-refractivity contribution in [1.29, 1.82) is 0 Å². The number of pyridine rings is 1. The Hall–Kier alpha value is -0.610. The summed E-state index contributed by atoms with van der Waals surface area (Å²) in [4.78, 5) is 14.8. The van der Waals surface area contributed by atoms with Gasteiger partial charge in [0.1, 0.15) is 0 Å². The number of aromatic nitrogens is 1. The molecule has 1 aromatic rings. The number of carboxylic acids is 1. The normalized spacial score (nSPS) is 10.0. The number of carboxylic acid groups (broad SMARTS) is 1. The Morgan fingerprint density at radius 3 is 2.77 bits per heavy atom. The number of rotatable bonds is 3. The average molecular weight is 265 g/mol. The summed E-state index contributed by atoms with van der Waals surface area (Å²) in [5.74, 6) is -0.678. The van der Waals surface area contributed by atoms with Crippen LogP contribution in [0.4, 0.5) is 0 Å². The van der Waals surface area contributed by atoms with E-state index in [-0.39, 0.29) is 5.56 Å². The van der Waals surface area contributed by atoms with Crippen LogP contribution in [0.1, 0.15) is 21.7 Å². The van der Waals surface area contributed by atoms with Crippen molar-refractivity contribution in [3.8, 4) is 0 Å². The van der Waals surface area contributed by atoms with Crippen LogP contribution in [0.3, 0.4) is 0 Å². The molecule has 0 bridgehead atoms. The Morgan fingerprint density at radius 1 is 1.62 bits per heavy atom. The molecule has 0 radical (unpaired) electrons. The molecule has 1 N–H and O–H groups in total. The third-order valence-corrected chi connectivity index (χ3v) is 2.33. The van der Waals surface area contributed by atoms with Gasteiger partial charge in [0.25, 0.3) is 0 Å². The molecule has 3 nitrogen and oxygen atoms in total. The van der Waals surface area contributed by atoms with Gasteiger partial charge < -0.3 is 5.11 Å². The van der Waals surface area contributed by atoms with E-state index in [1.165, 1.54) is 6.07 Å². The van der Waals surface area contributed by atoms with E-state index in [1.807, 2.05) is 0 Å². The van der Waals surface area contributed by atoms with E-state index >= 15 is 0 Å². The molecular weight excluding hydrogens is 257 g/mol. The molecular formula is C8H7BrClNO2. The number of hydrogen-bond donors (Lipinski definition) is 1. The van der Waals surface area contributed by atoms with E-state index in [1.54, 1.807) is 6.07 Å². The van der Waals surface area contributed by atoms with E-state index in [0.29, 0.717) is 22.6 Å². The fraction of sp³-hybridized carbons (Fsp3) is 0.250. The lowest BCUT2D eigenvalue weighted by molar-refractivity contribution is 0.0695. The number of halogens is 2. The first-order valence-electron chi connectivity index (χ1n) is 3.53. The Bertz CT molecular complexity index is 330. The molecule has 5 heteroatoms. The van der Waals surface area contributed by atoms with Crippen LogP contribution in [0, 0.1) is 0 Å². The van der Waals surface area contributed by atoms with E-state index in [0.717, 1.165) is 0 Å². The monoisotopic (exact) mass is 263 g/mol. The van der Waals surface area contributed by atoms with Crippen molar-refractivity contribution in [2.24, 2.45) is 0 Å². The second kappa shape index (κ2) is 4.58. The lowest BCUT2D eigenvalue weighted by Crippen LogP contribution is -2.04. The van der Waals surface area contributed by atoms with Gasteiger partial charge in [-0.2, -0.15) is 0 Å². The molecule has 0 atom stereocenters. The number of carbonyl (C=O) groups is 1. The SMILES string of the molecule is O=C(O)c1ccc(CCl)nc1CBr. The predicted octanol–water partition coefficient (Wildman–Crippen LogP) is 2.41. The minimum atomic E-state index is -0.969. The van der Waals surface area contributed by atoms with Gasteiger partial charge in [0, 0.05) is 5.33 Å². The van der Waals surface area contributed by atoms with Gasteiger partial charge in [-0.3, -0.25) is 4.98 Å². The van der Waals surface area contributed by atoms with Gasteiger partial charge in [0.2, 0.25) is 0 Å².